The van der Waals surface area contributed by atoms with Gasteiger partial charge in [-0.15, -0.1) is 0 Å². The van der Waals surface area contributed by atoms with Crippen LogP contribution in [-0.4, -0.2) is 10.4 Å². The second-order valence-electron chi connectivity index (χ2n) is 5.74. The van der Waals surface area contributed by atoms with E-state index in [1.165, 1.54) is 0 Å². The molecular weight excluding hydrogens is 444 g/mol. The number of aryl methyl sites for hydroxylation is 1. The molecule has 1 aliphatic rings. The van der Waals surface area contributed by atoms with Crippen molar-refractivity contribution in [1.82, 2.24) is 4.57 Å². The fraction of sp³-hybridized carbons (Fsp3) is 0.0526. The predicted molar refractivity (Wildman–Crippen MR) is 108 cm³/mol. The number of benzene rings is 2. The van der Waals surface area contributed by atoms with Gasteiger partial charge in [0.15, 0.2) is 0 Å². The molecule has 1 N–H and O–H groups in total. The lowest BCUT2D eigenvalue weighted by atomic mass is 10.3. The third kappa shape index (κ3) is 3.32. The van der Waals surface area contributed by atoms with Gasteiger partial charge in [-0.05, 0) is 48.5 Å². The quantitative estimate of drug-likeness (QED) is 0.557. The molecule has 0 fully saturated rings. The maximum atomic E-state index is 4.85. The van der Waals surface area contributed by atoms with Crippen molar-refractivity contribution in [2.75, 3.05) is 5.32 Å². The number of allylic oxidation sites excluding steroid dienone is 1. The first-order valence-corrected chi connectivity index (χ1v) is 9.35. The lowest BCUT2D eigenvalue weighted by Crippen LogP contribution is -2.29. The van der Waals surface area contributed by atoms with Crippen molar-refractivity contribution in [2.45, 2.75) is 0 Å². The van der Waals surface area contributed by atoms with E-state index in [-0.39, 0.29) is 0 Å². The van der Waals surface area contributed by atoms with Gasteiger partial charge in [0.1, 0.15) is 18.1 Å². The third-order valence-electron chi connectivity index (χ3n) is 3.97. The number of aromatic nitrogens is 2. The van der Waals surface area contributed by atoms with Gasteiger partial charge in [0.25, 0.3) is 11.7 Å². The molecule has 2 heterocycles. The first kappa shape index (κ1) is 16.3. The van der Waals surface area contributed by atoms with E-state index in [4.69, 9.17) is 4.99 Å². The molecule has 4 rings (SSSR count). The number of halogens is 2. The highest BCUT2D eigenvalue weighted by Crippen LogP contribution is 2.24. The molecule has 25 heavy (non-hydrogen) atoms. The highest BCUT2D eigenvalue weighted by molar-refractivity contribution is 9.10. The van der Waals surface area contributed by atoms with Gasteiger partial charge in [-0.2, -0.15) is 4.57 Å². The zero-order valence-electron chi connectivity index (χ0n) is 13.4. The molecule has 0 atom stereocenters. The Labute approximate surface area is 162 Å². The average molecular weight is 459 g/mol. The van der Waals surface area contributed by atoms with Crippen molar-refractivity contribution < 1.29 is 4.57 Å². The number of nitrogens with zero attached hydrogens (tertiary/aromatic N) is 3. The van der Waals surface area contributed by atoms with Crippen LogP contribution < -0.4 is 9.88 Å². The molecule has 0 saturated heterocycles. The van der Waals surface area contributed by atoms with Gasteiger partial charge in [-0.25, -0.2) is 9.56 Å². The molecule has 0 spiro atoms. The van der Waals surface area contributed by atoms with Gasteiger partial charge in [0.2, 0.25) is 0 Å². The molecule has 0 bridgehead atoms. The summed E-state index contributed by atoms with van der Waals surface area (Å²) in [6.45, 7) is 0. The van der Waals surface area contributed by atoms with E-state index in [9.17, 15) is 0 Å². The van der Waals surface area contributed by atoms with Crippen molar-refractivity contribution in [3.8, 4) is 0 Å². The zero-order valence-corrected chi connectivity index (χ0v) is 16.6. The van der Waals surface area contributed by atoms with E-state index in [2.05, 4.69) is 52.4 Å². The Bertz CT molecular complexity index is 983. The summed E-state index contributed by atoms with van der Waals surface area (Å²) in [7, 11) is 2.03. The fourth-order valence-corrected chi connectivity index (χ4v) is 3.22. The number of rotatable bonds is 3. The minimum atomic E-state index is 0.876. The normalized spacial score (nSPS) is 14.5. The summed E-state index contributed by atoms with van der Waals surface area (Å²) in [5, 5.41) is 3.48. The van der Waals surface area contributed by atoms with Crippen LogP contribution in [0.3, 0.4) is 0 Å². The largest absolute Gasteiger partial charge is 0.350 e. The number of fused-ring (bicyclic) bond motifs is 1. The standard InChI is InChI=1S/C19H14Br2N4/c1-24-10-11-25-18(24)12-17(22-15-6-2-13(20)3-7-15)19(25)23-16-8-4-14(21)5-9-16/h2-12H,1H3/p+1. The predicted octanol–water partition coefficient (Wildman–Crippen LogP) is 4.88. The van der Waals surface area contributed by atoms with E-state index >= 15 is 0 Å². The molecule has 1 aliphatic heterocycles. The minimum absolute atomic E-state index is 0.876. The minimum Gasteiger partial charge on any atom is -0.350 e. The highest BCUT2D eigenvalue weighted by Gasteiger charge is 2.29. The van der Waals surface area contributed by atoms with Gasteiger partial charge < -0.3 is 5.32 Å². The summed E-state index contributed by atoms with van der Waals surface area (Å²) in [6.07, 6.45) is 6.17. The van der Waals surface area contributed by atoms with Gasteiger partial charge >= 0.3 is 0 Å². The van der Waals surface area contributed by atoms with Crippen LogP contribution in [0, 0.1) is 0 Å². The molecule has 6 heteroatoms. The average Bonchev–Trinajstić information content (AvgIpc) is 3.13. The summed E-state index contributed by atoms with van der Waals surface area (Å²) in [5.74, 6) is 1.95. The maximum absolute atomic E-state index is 4.85. The molecule has 124 valence electrons. The van der Waals surface area contributed by atoms with Gasteiger partial charge in [-0.1, -0.05) is 31.9 Å². The molecule has 3 aromatic rings. The Kier molecular flexibility index (Phi) is 4.31. The van der Waals surface area contributed by atoms with E-state index in [0.717, 1.165) is 37.7 Å². The molecule has 1 aromatic heterocycles. The maximum Gasteiger partial charge on any atom is 0.290 e. The van der Waals surface area contributed by atoms with Crippen LogP contribution in [0.15, 0.2) is 80.6 Å². The van der Waals surface area contributed by atoms with Gasteiger partial charge in [0.05, 0.1) is 18.8 Å². The van der Waals surface area contributed by atoms with Crippen LogP contribution in [0.2, 0.25) is 0 Å². The van der Waals surface area contributed by atoms with Crippen LogP contribution >= 0.6 is 31.9 Å². The molecular formula is C19H15Br2N4+. The third-order valence-corrected chi connectivity index (χ3v) is 5.03. The Morgan fingerprint density at radius 2 is 1.60 bits per heavy atom. The van der Waals surface area contributed by atoms with Crippen molar-refractivity contribution >= 4 is 55.1 Å². The number of hydrogen-bond acceptors (Lipinski definition) is 2. The lowest BCUT2D eigenvalue weighted by Gasteiger charge is -2.07. The highest BCUT2D eigenvalue weighted by atomic mass is 79.9. The van der Waals surface area contributed by atoms with Crippen molar-refractivity contribution in [2.24, 2.45) is 12.0 Å². The Balaban J connectivity index is 1.74. The monoisotopic (exact) mass is 457 g/mol. The van der Waals surface area contributed by atoms with Crippen molar-refractivity contribution in [3.05, 3.63) is 81.4 Å². The molecule has 0 aliphatic carbocycles. The number of hydrogen-bond donors (Lipinski definition) is 1. The van der Waals surface area contributed by atoms with E-state index in [1.54, 1.807) is 0 Å². The SMILES string of the molecule is C[n+]1ccn2c1C=C(Nc1ccc(Br)cc1)C2=Nc1ccc(Br)cc1. The lowest BCUT2D eigenvalue weighted by molar-refractivity contribution is -0.672. The topological polar surface area (TPSA) is 33.2 Å². The van der Waals surface area contributed by atoms with Crippen LogP contribution in [0.5, 0.6) is 0 Å². The number of imidazole rings is 1. The van der Waals surface area contributed by atoms with E-state index < -0.39 is 0 Å². The number of anilines is 1. The molecule has 4 nitrogen and oxygen atoms in total. The Morgan fingerprint density at radius 3 is 2.28 bits per heavy atom. The van der Waals surface area contributed by atoms with Gasteiger partial charge in [0, 0.05) is 14.6 Å². The smallest absolute Gasteiger partial charge is 0.290 e. The fourth-order valence-electron chi connectivity index (χ4n) is 2.70. The second-order valence-corrected chi connectivity index (χ2v) is 7.57. The zero-order chi connectivity index (χ0) is 17.4. The van der Waals surface area contributed by atoms with E-state index in [1.807, 2.05) is 68.0 Å². The summed E-state index contributed by atoms with van der Waals surface area (Å²) in [5.41, 5.74) is 2.90. The molecule has 0 radical (unpaired) electrons. The Morgan fingerprint density at radius 1 is 0.960 bits per heavy atom. The molecule has 0 unspecified atom stereocenters. The second kappa shape index (κ2) is 6.61. The number of nitrogens with one attached hydrogen (secondary N) is 1. The van der Waals surface area contributed by atoms with Crippen LogP contribution in [0.1, 0.15) is 5.82 Å². The summed E-state index contributed by atoms with van der Waals surface area (Å²) in [6, 6.07) is 16.1. The molecule has 0 saturated carbocycles. The van der Waals surface area contributed by atoms with Crippen LogP contribution in [0.4, 0.5) is 11.4 Å². The van der Waals surface area contributed by atoms with Crippen LogP contribution in [0.25, 0.3) is 6.08 Å². The first-order chi connectivity index (χ1) is 12.1. The summed E-state index contributed by atoms with van der Waals surface area (Å²) in [4.78, 5) is 4.85. The molecule has 2 aromatic carbocycles. The summed E-state index contributed by atoms with van der Waals surface area (Å²) >= 11 is 6.93. The molecule has 0 amide bonds. The van der Waals surface area contributed by atoms with Gasteiger partial charge in [-0.3, -0.25) is 0 Å². The first-order valence-electron chi connectivity index (χ1n) is 7.76. The summed E-state index contributed by atoms with van der Waals surface area (Å²) < 4.78 is 6.26. The number of aliphatic imine (C=N–C) groups is 1. The Hall–Kier alpha value is -2.18. The van der Waals surface area contributed by atoms with E-state index in [0.29, 0.717) is 0 Å². The van der Waals surface area contributed by atoms with Crippen molar-refractivity contribution in [1.29, 1.82) is 0 Å². The van der Waals surface area contributed by atoms with Crippen LogP contribution in [-0.2, 0) is 7.05 Å². The van der Waals surface area contributed by atoms with Crippen molar-refractivity contribution in [3.63, 3.8) is 0 Å².